The third kappa shape index (κ3) is 5.05. The van der Waals surface area contributed by atoms with Gasteiger partial charge in [-0.25, -0.2) is 0 Å². The van der Waals surface area contributed by atoms with Crippen LogP contribution in [0.25, 0.3) is 0 Å². The Morgan fingerprint density at radius 1 is 1.24 bits per heavy atom. The lowest BCUT2D eigenvalue weighted by atomic mass is 10.0. The number of nitrogens with one attached hydrogen (secondary N) is 2. The van der Waals surface area contributed by atoms with E-state index < -0.39 is 0 Å². The number of carbonyl (C=O) groups excluding carboxylic acids is 1. The molecule has 0 aromatic heterocycles. The fourth-order valence-electron chi connectivity index (χ4n) is 2.72. The van der Waals surface area contributed by atoms with Crippen molar-refractivity contribution in [2.45, 2.75) is 52.2 Å². The van der Waals surface area contributed by atoms with E-state index in [4.69, 9.17) is 0 Å². The maximum Gasteiger partial charge on any atom is 0.217 e. The average molecular weight is 289 g/mol. The van der Waals surface area contributed by atoms with Crippen molar-refractivity contribution in [1.29, 1.82) is 0 Å². The van der Waals surface area contributed by atoms with E-state index in [-0.39, 0.29) is 5.91 Å². The van der Waals surface area contributed by atoms with Crippen molar-refractivity contribution in [3.05, 3.63) is 29.8 Å². The highest BCUT2D eigenvalue weighted by Gasteiger charge is 2.19. The summed E-state index contributed by atoms with van der Waals surface area (Å²) in [4.78, 5) is 13.5. The number of hydrogen-bond acceptors (Lipinski definition) is 3. The normalized spacial score (nSPS) is 16.3. The van der Waals surface area contributed by atoms with Crippen LogP contribution in [0.5, 0.6) is 0 Å². The lowest BCUT2D eigenvalue weighted by molar-refractivity contribution is -0.119. The first-order chi connectivity index (χ1) is 10.0. The molecule has 0 saturated carbocycles. The summed E-state index contributed by atoms with van der Waals surface area (Å²) in [5.74, 6) is 0.0791. The second-order valence-electron chi connectivity index (χ2n) is 6.16. The maximum absolute atomic E-state index is 11.1. The van der Waals surface area contributed by atoms with Gasteiger partial charge in [0.15, 0.2) is 0 Å². The Labute approximate surface area is 127 Å². The molecule has 1 aliphatic rings. The molecule has 1 aromatic carbocycles. The molecule has 0 spiro atoms. The monoisotopic (exact) mass is 289 g/mol. The number of carbonyl (C=O) groups is 1. The molecule has 4 nitrogen and oxygen atoms in total. The van der Waals surface area contributed by atoms with Gasteiger partial charge in [-0.15, -0.1) is 0 Å². The molecule has 0 bridgehead atoms. The highest BCUT2D eigenvalue weighted by molar-refractivity contribution is 5.73. The molecule has 1 aliphatic heterocycles. The Balaban J connectivity index is 1.84. The second kappa shape index (κ2) is 7.46. The quantitative estimate of drug-likeness (QED) is 0.874. The molecule has 2 rings (SSSR count). The van der Waals surface area contributed by atoms with Crippen molar-refractivity contribution in [2.75, 3.05) is 18.0 Å². The van der Waals surface area contributed by atoms with Gasteiger partial charge in [0.25, 0.3) is 0 Å². The van der Waals surface area contributed by atoms with Crippen LogP contribution in [-0.4, -0.2) is 31.1 Å². The van der Waals surface area contributed by atoms with Crippen molar-refractivity contribution in [3.63, 3.8) is 0 Å². The fourth-order valence-corrected chi connectivity index (χ4v) is 2.72. The standard InChI is InChI=1S/C17H27N3O/c1-13(2)18-12-15-4-6-17(7-5-15)20-10-8-16(9-11-20)19-14(3)21/h4-7,13,16,18H,8-12H2,1-3H3,(H,19,21). The van der Waals surface area contributed by atoms with Crippen molar-refractivity contribution in [1.82, 2.24) is 10.6 Å². The summed E-state index contributed by atoms with van der Waals surface area (Å²) in [6, 6.07) is 9.66. The van der Waals surface area contributed by atoms with Crippen LogP contribution >= 0.6 is 0 Å². The van der Waals surface area contributed by atoms with E-state index in [0.29, 0.717) is 12.1 Å². The summed E-state index contributed by atoms with van der Waals surface area (Å²) in [5.41, 5.74) is 2.60. The third-order valence-corrected chi connectivity index (χ3v) is 3.92. The predicted molar refractivity (Wildman–Crippen MR) is 87.5 cm³/mol. The lowest BCUT2D eigenvalue weighted by Gasteiger charge is -2.33. The summed E-state index contributed by atoms with van der Waals surface area (Å²) in [5, 5.41) is 6.45. The molecule has 1 heterocycles. The first kappa shape index (κ1) is 15.8. The minimum atomic E-state index is 0.0791. The maximum atomic E-state index is 11.1. The van der Waals surface area contributed by atoms with E-state index in [2.05, 4.69) is 53.6 Å². The van der Waals surface area contributed by atoms with Crippen LogP contribution in [0.3, 0.4) is 0 Å². The summed E-state index contributed by atoms with van der Waals surface area (Å²) in [6.45, 7) is 8.85. The zero-order valence-electron chi connectivity index (χ0n) is 13.4. The summed E-state index contributed by atoms with van der Waals surface area (Å²) < 4.78 is 0. The Morgan fingerprint density at radius 3 is 2.38 bits per heavy atom. The van der Waals surface area contributed by atoms with E-state index in [1.807, 2.05) is 0 Å². The lowest BCUT2D eigenvalue weighted by Crippen LogP contribution is -2.44. The summed E-state index contributed by atoms with van der Waals surface area (Å²) in [7, 11) is 0. The van der Waals surface area contributed by atoms with Crippen LogP contribution in [0.4, 0.5) is 5.69 Å². The van der Waals surface area contributed by atoms with Crippen LogP contribution in [0.1, 0.15) is 39.2 Å². The second-order valence-corrected chi connectivity index (χ2v) is 6.16. The summed E-state index contributed by atoms with van der Waals surface area (Å²) >= 11 is 0. The molecule has 1 amide bonds. The van der Waals surface area contributed by atoms with Crippen molar-refractivity contribution >= 4 is 11.6 Å². The largest absolute Gasteiger partial charge is 0.371 e. The Bertz CT molecular complexity index is 448. The topological polar surface area (TPSA) is 44.4 Å². The molecule has 1 saturated heterocycles. The van der Waals surface area contributed by atoms with Gasteiger partial charge in [-0.1, -0.05) is 26.0 Å². The van der Waals surface area contributed by atoms with Crippen LogP contribution in [0, 0.1) is 0 Å². The van der Waals surface area contributed by atoms with E-state index in [1.165, 1.54) is 11.3 Å². The van der Waals surface area contributed by atoms with Gasteiger partial charge >= 0.3 is 0 Å². The van der Waals surface area contributed by atoms with Gasteiger partial charge in [0, 0.05) is 44.3 Å². The Morgan fingerprint density at radius 2 is 1.86 bits per heavy atom. The average Bonchev–Trinajstić information content (AvgIpc) is 2.46. The van der Waals surface area contributed by atoms with Gasteiger partial charge in [0.05, 0.1) is 0 Å². The molecule has 0 atom stereocenters. The summed E-state index contributed by atoms with van der Waals surface area (Å²) in [6.07, 6.45) is 2.05. The Hall–Kier alpha value is -1.55. The van der Waals surface area contributed by atoms with Crippen LogP contribution in [-0.2, 0) is 11.3 Å². The molecule has 0 aliphatic carbocycles. The minimum Gasteiger partial charge on any atom is -0.371 e. The van der Waals surface area contributed by atoms with E-state index in [0.717, 1.165) is 32.5 Å². The zero-order valence-corrected chi connectivity index (χ0v) is 13.4. The molecule has 4 heteroatoms. The number of anilines is 1. The molecule has 1 aromatic rings. The van der Waals surface area contributed by atoms with Gasteiger partial charge in [0.1, 0.15) is 0 Å². The molecular weight excluding hydrogens is 262 g/mol. The van der Waals surface area contributed by atoms with Crippen LogP contribution in [0.2, 0.25) is 0 Å². The smallest absolute Gasteiger partial charge is 0.217 e. The van der Waals surface area contributed by atoms with Gasteiger partial charge in [0.2, 0.25) is 5.91 Å². The van der Waals surface area contributed by atoms with Crippen LogP contribution < -0.4 is 15.5 Å². The molecule has 116 valence electrons. The molecule has 1 fully saturated rings. The number of hydrogen-bond donors (Lipinski definition) is 2. The number of amides is 1. The SMILES string of the molecule is CC(=O)NC1CCN(c2ccc(CNC(C)C)cc2)CC1. The molecule has 21 heavy (non-hydrogen) atoms. The highest BCUT2D eigenvalue weighted by Crippen LogP contribution is 2.20. The predicted octanol–water partition coefficient (Wildman–Crippen LogP) is 2.29. The molecule has 2 N–H and O–H groups in total. The van der Waals surface area contributed by atoms with Crippen molar-refractivity contribution in [2.24, 2.45) is 0 Å². The van der Waals surface area contributed by atoms with E-state index >= 15 is 0 Å². The van der Waals surface area contributed by atoms with Crippen molar-refractivity contribution < 1.29 is 4.79 Å². The highest BCUT2D eigenvalue weighted by atomic mass is 16.1. The zero-order chi connectivity index (χ0) is 15.2. The van der Waals surface area contributed by atoms with E-state index in [1.54, 1.807) is 6.92 Å². The van der Waals surface area contributed by atoms with Gasteiger partial charge < -0.3 is 15.5 Å². The van der Waals surface area contributed by atoms with Crippen molar-refractivity contribution in [3.8, 4) is 0 Å². The number of rotatable bonds is 5. The van der Waals surface area contributed by atoms with Crippen LogP contribution in [0.15, 0.2) is 24.3 Å². The number of piperidine rings is 1. The third-order valence-electron chi connectivity index (χ3n) is 3.92. The number of nitrogens with zero attached hydrogens (tertiary/aromatic N) is 1. The fraction of sp³-hybridized carbons (Fsp3) is 0.588. The molecular formula is C17H27N3O. The first-order valence-electron chi connectivity index (χ1n) is 7.89. The van der Waals surface area contributed by atoms with Gasteiger partial charge in [-0.3, -0.25) is 4.79 Å². The minimum absolute atomic E-state index is 0.0791. The molecule has 0 unspecified atom stereocenters. The number of benzene rings is 1. The first-order valence-corrected chi connectivity index (χ1v) is 7.89. The Kier molecular flexibility index (Phi) is 5.62. The molecule has 0 radical (unpaired) electrons. The van der Waals surface area contributed by atoms with Gasteiger partial charge in [-0.05, 0) is 30.5 Å². The van der Waals surface area contributed by atoms with Gasteiger partial charge in [-0.2, -0.15) is 0 Å². The van der Waals surface area contributed by atoms with E-state index in [9.17, 15) is 4.79 Å².